The van der Waals surface area contributed by atoms with Gasteiger partial charge in [-0.25, -0.2) is 19.9 Å². The number of alkyl halides is 3. The van der Waals surface area contributed by atoms with Gasteiger partial charge in [-0.1, -0.05) is 66.7 Å². The SMILES string of the molecule is CC1C=C2CS/C(=N\C(=O)NNC(C)c3ccc(-c4ncn(-c5ccc(OC(F)(F)F)cc5)n4)cc3)N2c2cc(Cl)ccc21. The quantitative estimate of drug-likeness (QED) is 0.213. The van der Waals surface area contributed by atoms with Gasteiger partial charge in [0, 0.05) is 34.0 Å². The monoisotopic (exact) mass is 639 g/mol. The summed E-state index contributed by atoms with van der Waals surface area (Å²) < 4.78 is 42.6. The summed E-state index contributed by atoms with van der Waals surface area (Å²) in [5.41, 5.74) is 11.0. The molecule has 14 heteroatoms. The lowest BCUT2D eigenvalue weighted by molar-refractivity contribution is -0.274. The standard InChI is InChI=1S/C30H25ClF3N7O2S/c1-17-13-23-15-44-29(41(23)26-14-21(31)7-12-25(17)26)36-28(42)38-37-18(2)19-3-5-20(6-4-19)27-35-16-40(39-27)22-8-10-24(11-9-22)43-30(32,33)34/h3-14,16-18,37H,15H2,1-2H3,(H,38,42)/b36-29-. The first-order valence-electron chi connectivity index (χ1n) is 13.5. The van der Waals surface area contributed by atoms with E-state index in [1.807, 2.05) is 54.3 Å². The van der Waals surface area contributed by atoms with Gasteiger partial charge >= 0.3 is 12.4 Å². The third kappa shape index (κ3) is 6.44. The van der Waals surface area contributed by atoms with Crippen molar-refractivity contribution < 1.29 is 22.7 Å². The Morgan fingerprint density at radius 1 is 1.14 bits per heavy atom. The minimum absolute atomic E-state index is 0.238. The Labute approximate surface area is 259 Å². The first kappa shape index (κ1) is 29.7. The van der Waals surface area contributed by atoms with E-state index in [0.717, 1.165) is 33.8 Å². The Hall–Kier alpha value is -4.33. The van der Waals surface area contributed by atoms with Gasteiger partial charge in [-0.05, 0) is 54.4 Å². The van der Waals surface area contributed by atoms with Crippen LogP contribution in [0.5, 0.6) is 5.75 Å². The summed E-state index contributed by atoms with van der Waals surface area (Å²) in [6.07, 6.45) is -1.10. The number of amides is 2. The highest BCUT2D eigenvalue weighted by Crippen LogP contribution is 2.43. The summed E-state index contributed by atoms with van der Waals surface area (Å²) in [5, 5.41) is 5.63. The molecule has 1 aromatic heterocycles. The largest absolute Gasteiger partial charge is 0.573 e. The molecule has 4 aromatic rings. The van der Waals surface area contributed by atoms with Gasteiger partial charge in [0.25, 0.3) is 0 Å². The van der Waals surface area contributed by atoms with E-state index in [1.54, 1.807) is 0 Å². The van der Waals surface area contributed by atoms with Crippen molar-refractivity contribution in [3.63, 3.8) is 0 Å². The molecule has 2 N–H and O–H groups in total. The molecule has 2 amide bonds. The number of thioether (sulfide) groups is 1. The van der Waals surface area contributed by atoms with E-state index in [-0.39, 0.29) is 17.7 Å². The molecule has 6 rings (SSSR count). The number of halogens is 4. The molecule has 226 valence electrons. The molecule has 0 saturated carbocycles. The maximum Gasteiger partial charge on any atom is 0.573 e. The molecular formula is C30H25ClF3N7O2S. The number of amidine groups is 1. The number of hydrazine groups is 1. The van der Waals surface area contributed by atoms with Crippen molar-refractivity contribution in [3.8, 4) is 22.8 Å². The predicted octanol–water partition coefficient (Wildman–Crippen LogP) is 7.37. The second kappa shape index (κ2) is 12.0. The van der Waals surface area contributed by atoms with Crippen LogP contribution < -0.4 is 20.5 Å². The number of carbonyl (C=O) groups excluding carboxylic acids is 1. The maximum absolute atomic E-state index is 12.8. The predicted molar refractivity (Wildman–Crippen MR) is 164 cm³/mol. The summed E-state index contributed by atoms with van der Waals surface area (Å²) >= 11 is 7.78. The highest BCUT2D eigenvalue weighted by atomic mass is 35.5. The minimum atomic E-state index is -4.76. The van der Waals surface area contributed by atoms with E-state index in [1.165, 1.54) is 47.0 Å². The van der Waals surface area contributed by atoms with Gasteiger partial charge in [-0.15, -0.1) is 18.3 Å². The fourth-order valence-corrected chi connectivity index (χ4v) is 6.10. The van der Waals surface area contributed by atoms with Crippen LogP contribution in [0.15, 0.2) is 89.8 Å². The Morgan fingerprint density at radius 2 is 1.89 bits per heavy atom. The number of rotatable bonds is 6. The molecule has 0 spiro atoms. The third-order valence-corrected chi connectivity index (χ3v) is 8.29. The number of hydrogen-bond acceptors (Lipinski definition) is 6. The number of aromatic nitrogens is 3. The summed E-state index contributed by atoms with van der Waals surface area (Å²) in [4.78, 5) is 23.4. The van der Waals surface area contributed by atoms with Crippen molar-refractivity contribution in [2.24, 2.45) is 4.99 Å². The Morgan fingerprint density at radius 3 is 2.61 bits per heavy atom. The second-order valence-electron chi connectivity index (χ2n) is 10.1. The molecule has 3 heterocycles. The molecule has 3 aromatic carbocycles. The van der Waals surface area contributed by atoms with Gasteiger partial charge in [-0.2, -0.15) is 4.99 Å². The molecule has 0 radical (unpaired) electrons. The number of urea groups is 1. The summed E-state index contributed by atoms with van der Waals surface area (Å²) in [7, 11) is 0. The summed E-state index contributed by atoms with van der Waals surface area (Å²) in [5.74, 6) is 1.08. The van der Waals surface area contributed by atoms with E-state index < -0.39 is 12.4 Å². The number of anilines is 1. The molecule has 2 aliphatic heterocycles. The number of allylic oxidation sites excluding steroid dienone is 1. The van der Waals surface area contributed by atoms with Gasteiger partial charge in [0.15, 0.2) is 11.0 Å². The summed E-state index contributed by atoms with van der Waals surface area (Å²) in [6.45, 7) is 4.03. The van der Waals surface area contributed by atoms with Crippen LogP contribution in [0.2, 0.25) is 5.02 Å². The van der Waals surface area contributed by atoms with Crippen LogP contribution in [0.1, 0.15) is 36.9 Å². The molecule has 2 atom stereocenters. The van der Waals surface area contributed by atoms with E-state index in [9.17, 15) is 18.0 Å². The lowest BCUT2D eigenvalue weighted by Gasteiger charge is -2.29. The topological polar surface area (TPSA) is 96.7 Å². The zero-order valence-electron chi connectivity index (χ0n) is 23.3. The highest BCUT2D eigenvalue weighted by molar-refractivity contribution is 8.14. The van der Waals surface area contributed by atoms with Gasteiger partial charge in [-0.3, -0.25) is 10.3 Å². The average Bonchev–Trinajstić information content (AvgIpc) is 3.63. The molecule has 1 saturated heterocycles. The molecule has 9 nitrogen and oxygen atoms in total. The van der Waals surface area contributed by atoms with Crippen LogP contribution >= 0.6 is 23.4 Å². The van der Waals surface area contributed by atoms with Crippen molar-refractivity contribution >= 4 is 40.2 Å². The first-order valence-corrected chi connectivity index (χ1v) is 14.9. The van der Waals surface area contributed by atoms with Crippen LogP contribution in [-0.4, -0.2) is 38.1 Å². The Kier molecular flexibility index (Phi) is 8.10. The lowest BCUT2D eigenvalue weighted by Crippen LogP contribution is -2.38. The fourth-order valence-electron chi connectivity index (χ4n) is 4.94. The maximum atomic E-state index is 12.8. The van der Waals surface area contributed by atoms with Crippen LogP contribution in [0.4, 0.5) is 23.7 Å². The second-order valence-corrected chi connectivity index (χ2v) is 11.5. The van der Waals surface area contributed by atoms with Crippen LogP contribution in [0.3, 0.4) is 0 Å². The number of nitrogens with one attached hydrogen (secondary N) is 2. The van der Waals surface area contributed by atoms with Crippen molar-refractivity contribution in [2.45, 2.75) is 32.2 Å². The normalized spacial score (nSPS) is 17.6. The fraction of sp³-hybridized carbons (Fsp3) is 0.200. The number of aliphatic imine (C=N–C) groups is 1. The number of ether oxygens (including phenoxy) is 1. The van der Waals surface area contributed by atoms with Crippen molar-refractivity contribution in [1.29, 1.82) is 0 Å². The Bertz CT molecular complexity index is 1760. The highest BCUT2D eigenvalue weighted by Gasteiger charge is 2.33. The number of benzene rings is 3. The molecule has 1 fully saturated rings. The number of nitrogens with zero attached hydrogens (tertiary/aromatic N) is 5. The molecule has 0 bridgehead atoms. The average molecular weight is 640 g/mol. The molecule has 2 unspecified atom stereocenters. The Balaban J connectivity index is 1.07. The number of carbonyl (C=O) groups is 1. The smallest absolute Gasteiger partial charge is 0.406 e. The lowest BCUT2D eigenvalue weighted by atomic mass is 9.94. The van der Waals surface area contributed by atoms with E-state index in [4.69, 9.17) is 11.6 Å². The van der Waals surface area contributed by atoms with Gasteiger partial charge in [0.2, 0.25) is 0 Å². The van der Waals surface area contributed by atoms with Crippen LogP contribution in [0, 0.1) is 0 Å². The zero-order valence-corrected chi connectivity index (χ0v) is 24.9. The summed E-state index contributed by atoms with van der Waals surface area (Å²) in [6, 6.07) is 17.8. The van der Waals surface area contributed by atoms with Crippen molar-refractivity contribution in [3.05, 3.63) is 101 Å². The molecule has 2 aliphatic rings. The van der Waals surface area contributed by atoms with E-state index in [2.05, 4.69) is 43.7 Å². The van der Waals surface area contributed by atoms with Crippen molar-refractivity contribution in [1.82, 2.24) is 25.6 Å². The van der Waals surface area contributed by atoms with E-state index in [0.29, 0.717) is 21.7 Å². The van der Waals surface area contributed by atoms with Crippen LogP contribution in [0.25, 0.3) is 17.1 Å². The minimum Gasteiger partial charge on any atom is -0.406 e. The van der Waals surface area contributed by atoms with Crippen molar-refractivity contribution in [2.75, 3.05) is 10.7 Å². The number of hydrogen-bond donors (Lipinski definition) is 2. The zero-order chi connectivity index (χ0) is 31.0. The van der Waals surface area contributed by atoms with Gasteiger partial charge in [0.05, 0.1) is 11.4 Å². The van der Waals surface area contributed by atoms with Gasteiger partial charge in [0.1, 0.15) is 12.1 Å². The number of fused-ring (bicyclic) bond motifs is 3. The third-order valence-electron chi connectivity index (χ3n) is 7.08. The molecule has 44 heavy (non-hydrogen) atoms. The molecule has 0 aliphatic carbocycles. The van der Waals surface area contributed by atoms with Crippen LogP contribution in [-0.2, 0) is 0 Å². The van der Waals surface area contributed by atoms with Gasteiger partial charge < -0.3 is 4.74 Å². The van der Waals surface area contributed by atoms with E-state index >= 15 is 0 Å². The molecular weight excluding hydrogens is 615 g/mol. The first-order chi connectivity index (χ1) is 21.0.